The van der Waals surface area contributed by atoms with Gasteiger partial charge in [-0.15, -0.1) is 5.10 Å². The van der Waals surface area contributed by atoms with E-state index in [9.17, 15) is 8.78 Å². The van der Waals surface area contributed by atoms with Crippen molar-refractivity contribution in [3.05, 3.63) is 65.2 Å². The molecule has 0 N–H and O–H groups in total. The molecule has 0 saturated carbocycles. The van der Waals surface area contributed by atoms with Crippen molar-refractivity contribution in [2.75, 3.05) is 0 Å². The number of tetrazole rings is 1. The van der Waals surface area contributed by atoms with Gasteiger partial charge in [0.1, 0.15) is 0 Å². The Bertz CT molecular complexity index is 866. The molecule has 0 bridgehead atoms. The molecule has 0 spiro atoms. The molecule has 0 aliphatic heterocycles. The molecule has 1 aromatic heterocycles. The van der Waals surface area contributed by atoms with Gasteiger partial charge in [0.25, 0.3) is 0 Å². The van der Waals surface area contributed by atoms with E-state index in [1.807, 2.05) is 0 Å². The summed E-state index contributed by atoms with van der Waals surface area (Å²) in [5.41, 5.74) is 1.61. The second-order valence-corrected chi connectivity index (χ2v) is 4.56. The summed E-state index contributed by atoms with van der Waals surface area (Å²) in [6, 6.07) is 12.6. The van der Waals surface area contributed by atoms with E-state index in [1.165, 1.54) is 10.7 Å². The highest BCUT2D eigenvalue weighted by Crippen LogP contribution is 2.20. The Morgan fingerprint density at radius 1 is 1.09 bits per heavy atom. The molecular formula is C15H9F2N5. The molecule has 5 nitrogen and oxygen atoms in total. The maximum Gasteiger partial charge on any atom is 0.182 e. The fourth-order valence-electron chi connectivity index (χ4n) is 2.08. The zero-order valence-electron chi connectivity index (χ0n) is 11.2. The lowest BCUT2D eigenvalue weighted by atomic mass is 10.1. The predicted molar refractivity (Wildman–Crippen MR) is 73.4 cm³/mol. The van der Waals surface area contributed by atoms with Crippen LogP contribution < -0.4 is 0 Å². The van der Waals surface area contributed by atoms with E-state index < -0.39 is 11.6 Å². The smallest absolute Gasteiger partial charge is 0.182 e. The third kappa shape index (κ3) is 2.54. The largest absolute Gasteiger partial charge is 0.221 e. The highest BCUT2D eigenvalue weighted by Gasteiger charge is 2.13. The summed E-state index contributed by atoms with van der Waals surface area (Å²) in [6.07, 6.45) is 0. The van der Waals surface area contributed by atoms with Crippen molar-refractivity contribution in [3.8, 4) is 17.5 Å². The first-order valence-corrected chi connectivity index (χ1v) is 6.38. The van der Waals surface area contributed by atoms with Gasteiger partial charge in [0.05, 0.1) is 18.2 Å². The molecule has 3 aromatic rings. The van der Waals surface area contributed by atoms with Crippen molar-refractivity contribution < 1.29 is 8.78 Å². The summed E-state index contributed by atoms with van der Waals surface area (Å²) < 4.78 is 27.8. The number of nitriles is 1. The first-order chi connectivity index (χ1) is 10.7. The number of nitrogens with zero attached hydrogens (tertiary/aromatic N) is 5. The van der Waals surface area contributed by atoms with Crippen LogP contribution in [0.2, 0.25) is 0 Å². The second kappa shape index (κ2) is 5.69. The summed E-state index contributed by atoms with van der Waals surface area (Å²) in [6.45, 7) is 0.255. The summed E-state index contributed by atoms with van der Waals surface area (Å²) in [7, 11) is 0. The molecule has 0 aliphatic rings. The van der Waals surface area contributed by atoms with Crippen molar-refractivity contribution in [1.29, 1.82) is 5.26 Å². The minimum Gasteiger partial charge on any atom is -0.221 e. The van der Waals surface area contributed by atoms with Gasteiger partial charge in [-0.25, -0.2) is 13.5 Å². The second-order valence-electron chi connectivity index (χ2n) is 4.56. The van der Waals surface area contributed by atoms with Gasteiger partial charge < -0.3 is 0 Å². The first kappa shape index (κ1) is 13.8. The minimum absolute atomic E-state index is 0.255. The van der Waals surface area contributed by atoms with Gasteiger partial charge in [0.2, 0.25) is 0 Å². The van der Waals surface area contributed by atoms with Crippen molar-refractivity contribution in [2.45, 2.75) is 6.54 Å². The molecule has 1 heterocycles. The lowest BCUT2D eigenvalue weighted by Crippen LogP contribution is -2.06. The van der Waals surface area contributed by atoms with Crippen molar-refractivity contribution in [2.24, 2.45) is 0 Å². The number of benzene rings is 2. The van der Waals surface area contributed by atoms with Crippen molar-refractivity contribution >= 4 is 0 Å². The summed E-state index contributed by atoms with van der Waals surface area (Å²) in [5, 5.41) is 20.3. The molecule has 0 amide bonds. The van der Waals surface area contributed by atoms with Crippen molar-refractivity contribution in [3.63, 3.8) is 0 Å². The van der Waals surface area contributed by atoms with Gasteiger partial charge >= 0.3 is 0 Å². The van der Waals surface area contributed by atoms with Crippen LogP contribution in [0.5, 0.6) is 0 Å². The Hall–Kier alpha value is -3.14. The number of hydrogen-bond donors (Lipinski definition) is 0. The Labute approximate surface area is 124 Å². The molecule has 0 saturated heterocycles. The van der Waals surface area contributed by atoms with Gasteiger partial charge in [-0.05, 0) is 40.3 Å². The van der Waals surface area contributed by atoms with E-state index in [2.05, 4.69) is 21.6 Å². The maximum absolute atomic E-state index is 13.4. The first-order valence-electron chi connectivity index (χ1n) is 6.38. The van der Waals surface area contributed by atoms with Crippen LogP contribution in [0.4, 0.5) is 8.78 Å². The van der Waals surface area contributed by atoms with Crippen LogP contribution in [0, 0.1) is 23.0 Å². The molecule has 0 atom stereocenters. The average molecular weight is 297 g/mol. The normalized spacial score (nSPS) is 10.4. The van der Waals surface area contributed by atoms with Crippen LogP contribution in [0.1, 0.15) is 11.1 Å². The van der Waals surface area contributed by atoms with Crippen LogP contribution in [0.15, 0.2) is 42.5 Å². The van der Waals surface area contributed by atoms with Gasteiger partial charge in [0.15, 0.2) is 17.5 Å². The monoisotopic (exact) mass is 297 g/mol. The van der Waals surface area contributed by atoms with Crippen molar-refractivity contribution in [1.82, 2.24) is 20.2 Å². The Kier molecular flexibility index (Phi) is 3.58. The lowest BCUT2D eigenvalue weighted by molar-refractivity contribution is 0.509. The predicted octanol–water partition coefficient (Wildman–Crippen LogP) is 2.54. The van der Waals surface area contributed by atoms with Crippen LogP contribution in [-0.2, 0) is 6.54 Å². The summed E-state index contributed by atoms with van der Waals surface area (Å²) in [4.78, 5) is 0. The standard InChI is InChI=1S/C15H9F2N5/c16-13-6-5-10(7-14(13)17)15-19-20-21-22(15)9-12-4-2-1-3-11(12)8-18/h1-7H,9H2. The maximum atomic E-state index is 13.4. The number of rotatable bonds is 3. The quantitative estimate of drug-likeness (QED) is 0.745. The Morgan fingerprint density at radius 3 is 2.68 bits per heavy atom. The van der Waals surface area contributed by atoms with Crippen LogP contribution in [0.3, 0.4) is 0 Å². The van der Waals surface area contributed by atoms with Crippen LogP contribution in [-0.4, -0.2) is 20.2 Å². The molecule has 22 heavy (non-hydrogen) atoms. The number of aromatic nitrogens is 4. The third-order valence-corrected chi connectivity index (χ3v) is 3.17. The van der Waals surface area contributed by atoms with Crippen LogP contribution >= 0.6 is 0 Å². The molecule has 0 radical (unpaired) electrons. The molecular weight excluding hydrogens is 288 g/mol. The van der Waals surface area contributed by atoms with Gasteiger partial charge in [-0.2, -0.15) is 5.26 Å². The number of hydrogen-bond acceptors (Lipinski definition) is 4. The highest BCUT2D eigenvalue weighted by molar-refractivity contribution is 5.54. The van der Waals surface area contributed by atoms with E-state index in [-0.39, 0.29) is 6.54 Å². The summed E-state index contributed by atoms with van der Waals surface area (Å²) >= 11 is 0. The van der Waals surface area contributed by atoms with E-state index >= 15 is 0 Å². The van der Waals surface area contributed by atoms with Gasteiger partial charge in [-0.3, -0.25) is 0 Å². The Balaban J connectivity index is 1.99. The molecule has 0 aliphatic carbocycles. The molecule has 0 unspecified atom stereocenters. The molecule has 108 valence electrons. The zero-order chi connectivity index (χ0) is 15.5. The molecule has 3 rings (SSSR count). The number of halogens is 2. The molecule has 2 aromatic carbocycles. The van der Waals surface area contributed by atoms with E-state index in [0.717, 1.165) is 17.7 Å². The fourth-order valence-corrected chi connectivity index (χ4v) is 2.08. The molecule has 7 heteroatoms. The minimum atomic E-state index is -0.968. The third-order valence-electron chi connectivity index (χ3n) is 3.17. The highest BCUT2D eigenvalue weighted by atomic mass is 19.2. The average Bonchev–Trinajstić information content (AvgIpc) is 2.99. The van der Waals surface area contributed by atoms with Gasteiger partial charge in [-0.1, -0.05) is 18.2 Å². The molecule has 0 fully saturated rings. The lowest BCUT2D eigenvalue weighted by Gasteiger charge is -2.06. The van der Waals surface area contributed by atoms with E-state index in [1.54, 1.807) is 24.3 Å². The summed E-state index contributed by atoms with van der Waals surface area (Å²) in [5.74, 6) is -1.60. The van der Waals surface area contributed by atoms with Gasteiger partial charge in [0, 0.05) is 5.56 Å². The topological polar surface area (TPSA) is 67.4 Å². The van der Waals surface area contributed by atoms with E-state index in [0.29, 0.717) is 17.0 Å². The van der Waals surface area contributed by atoms with Crippen LogP contribution in [0.25, 0.3) is 11.4 Å². The Morgan fingerprint density at radius 2 is 1.91 bits per heavy atom. The zero-order valence-corrected chi connectivity index (χ0v) is 11.2. The van der Waals surface area contributed by atoms with E-state index in [4.69, 9.17) is 5.26 Å². The fraction of sp³-hybridized carbons (Fsp3) is 0.0667. The SMILES string of the molecule is N#Cc1ccccc1Cn1nnnc1-c1ccc(F)c(F)c1.